The molecule has 0 spiro atoms. The first-order valence-electron chi connectivity index (χ1n) is 11.3. The summed E-state index contributed by atoms with van der Waals surface area (Å²) in [5, 5.41) is 2.75. The maximum atomic E-state index is 12.5. The lowest BCUT2D eigenvalue weighted by Crippen LogP contribution is -2.53. The Morgan fingerprint density at radius 3 is 1.81 bits per heavy atom. The van der Waals surface area contributed by atoms with Crippen molar-refractivity contribution in [3.8, 4) is 0 Å². The Kier molecular flexibility index (Phi) is 13.0. The van der Waals surface area contributed by atoms with Crippen molar-refractivity contribution in [1.29, 1.82) is 0 Å². The first-order chi connectivity index (χ1) is 13.1. The molecule has 0 heterocycles. The summed E-state index contributed by atoms with van der Waals surface area (Å²) in [6.07, 6.45) is 16.6. The summed E-state index contributed by atoms with van der Waals surface area (Å²) in [5.74, 6) is -0.292. The molecule has 1 N–H and O–H groups in total. The molecule has 0 aromatic carbocycles. The third-order valence-corrected chi connectivity index (χ3v) is 5.45. The van der Waals surface area contributed by atoms with Gasteiger partial charge in [0.05, 0.1) is 13.2 Å². The van der Waals surface area contributed by atoms with E-state index in [2.05, 4.69) is 12.2 Å². The quantitative estimate of drug-likeness (QED) is 0.282. The van der Waals surface area contributed by atoms with Crippen LogP contribution in [0, 0.1) is 0 Å². The average Bonchev–Trinajstić information content (AvgIpc) is 3.12. The number of amides is 1. The molecule has 0 atom stereocenters. The Bertz CT molecular complexity index is 405. The fourth-order valence-electron chi connectivity index (χ4n) is 3.79. The summed E-state index contributed by atoms with van der Waals surface area (Å²) in [7, 11) is 0. The first-order valence-corrected chi connectivity index (χ1v) is 11.3. The molecule has 1 aliphatic carbocycles. The Balaban J connectivity index is 2.07. The Morgan fingerprint density at radius 1 is 0.778 bits per heavy atom. The Labute approximate surface area is 165 Å². The van der Waals surface area contributed by atoms with Crippen molar-refractivity contribution >= 4 is 12.1 Å². The zero-order chi connectivity index (χ0) is 19.8. The van der Waals surface area contributed by atoms with Crippen LogP contribution in [-0.4, -0.2) is 30.8 Å². The number of alkyl carbamates (subject to hydrolysis) is 1. The number of ether oxygens (including phenoxy) is 2. The molecule has 0 aliphatic heterocycles. The van der Waals surface area contributed by atoms with Crippen molar-refractivity contribution in [1.82, 2.24) is 5.32 Å². The van der Waals surface area contributed by atoms with E-state index in [1.165, 1.54) is 57.8 Å². The minimum absolute atomic E-state index is 0.292. The third kappa shape index (κ3) is 10.0. The monoisotopic (exact) mass is 383 g/mol. The molecular formula is C22H41NO4. The molecule has 1 amide bonds. The van der Waals surface area contributed by atoms with Gasteiger partial charge in [-0.05, 0) is 26.2 Å². The molecule has 1 fully saturated rings. The smallest absolute Gasteiger partial charge is 0.408 e. The summed E-state index contributed by atoms with van der Waals surface area (Å²) in [5.41, 5.74) is -0.871. The molecule has 5 heteroatoms. The van der Waals surface area contributed by atoms with Gasteiger partial charge in [-0.3, -0.25) is 0 Å². The molecule has 1 aliphatic rings. The third-order valence-electron chi connectivity index (χ3n) is 5.45. The molecule has 0 aromatic heterocycles. The standard InChI is InChI=1S/C22H41NO4/c1-3-5-6-7-8-9-10-11-12-13-16-19-27-20(24)22(17-14-15-18-22)23-21(25)26-4-2/h3-19H2,1-2H3,(H,23,25). The van der Waals surface area contributed by atoms with Crippen molar-refractivity contribution in [2.24, 2.45) is 0 Å². The molecule has 0 bridgehead atoms. The number of unbranched alkanes of at least 4 members (excludes halogenated alkanes) is 10. The number of rotatable bonds is 15. The van der Waals surface area contributed by atoms with E-state index in [0.29, 0.717) is 26.1 Å². The van der Waals surface area contributed by atoms with Crippen LogP contribution >= 0.6 is 0 Å². The largest absolute Gasteiger partial charge is 0.464 e. The van der Waals surface area contributed by atoms with E-state index >= 15 is 0 Å². The predicted molar refractivity (Wildman–Crippen MR) is 109 cm³/mol. The molecule has 1 saturated carbocycles. The average molecular weight is 384 g/mol. The molecule has 158 valence electrons. The van der Waals surface area contributed by atoms with Crippen molar-refractivity contribution in [2.45, 2.75) is 116 Å². The number of hydrogen-bond donors (Lipinski definition) is 1. The zero-order valence-corrected chi connectivity index (χ0v) is 17.7. The lowest BCUT2D eigenvalue weighted by Gasteiger charge is -2.27. The molecular weight excluding hydrogens is 342 g/mol. The van der Waals surface area contributed by atoms with Gasteiger partial charge in [-0.1, -0.05) is 84.0 Å². The van der Waals surface area contributed by atoms with E-state index in [0.717, 1.165) is 25.7 Å². The second-order valence-corrected chi connectivity index (χ2v) is 7.81. The van der Waals surface area contributed by atoms with E-state index in [9.17, 15) is 9.59 Å². The lowest BCUT2D eigenvalue weighted by molar-refractivity contribution is -0.151. The maximum Gasteiger partial charge on any atom is 0.408 e. The number of nitrogens with one attached hydrogen (secondary N) is 1. The van der Waals surface area contributed by atoms with Crippen LogP contribution in [0.15, 0.2) is 0 Å². The van der Waals surface area contributed by atoms with E-state index in [1.807, 2.05) is 0 Å². The summed E-state index contributed by atoms with van der Waals surface area (Å²) in [6, 6.07) is 0. The van der Waals surface area contributed by atoms with Gasteiger partial charge in [0.25, 0.3) is 0 Å². The van der Waals surface area contributed by atoms with Gasteiger partial charge in [0.15, 0.2) is 0 Å². The summed E-state index contributed by atoms with van der Waals surface area (Å²) in [6.45, 7) is 4.76. The van der Waals surface area contributed by atoms with Crippen LogP contribution in [0.5, 0.6) is 0 Å². The van der Waals surface area contributed by atoms with Crippen molar-refractivity contribution in [2.75, 3.05) is 13.2 Å². The van der Waals surface area contributed by atoms with Crippen molar-refractivity contribution in [3.63, 3.8) is 0 Å². The fraction of sp³-hybridized carbons (Fsp3) is 0.909. The minimum atomic E-state index is -0.871. The van der Waals surface area contributed by atoms with Crippen LogP contribution in [0.2, 0.25) is 0 Å². The Morgan fingerprint density at radius 2 is 1.30 bits per heavy atom. The van der Waals surface area contributed by atoms with E-state index in [1.54, 1.807) is 6.92 Å². The Hall–Kier alpha value is -1.26. The number of esters is 1. The number of hydrogen-bond acceptors (Lipinski definition) is 4. The first kappa shape index (κ1) is 23.8. The van der Waals surface area contributed by atoms with Gasteiger partial charge in [0, 0.05) is 0 Å². The number of carbonyl (C=O) groups excluding carboxylic acids is 2. The number of carbonyl (C=O) groups is 2. The SMILES string of the molecule is CCCCCCCCCCCCCOC(=O)C1(NC(=O)OCC)CCCC1. The van der Waals surface area contributed by atoms with Crippen LogP contribution < -0.4 is 5.32 Å². The van der Waals surface area contributed by atoms with Crippen LogP contribution in [0.1, 0.15) is 110 Å². The second-order valence-electron chi connectivity index (χ2n) is 7.81. The van der Waals surface area contributed by atoms with Crippen LogP contribution in [0.4, 0.5) is 4.79 Å². The summed E-state index contributed by atoms with van der Waals surface area (Å²) < 4.78 is 10.4. The molecule has 0 saturated heterocycles. The van der Waals surface area contributed by atoms with Gasteiger partial charge in [-0.25, -0.2) is 9.59 Å². The molecule has 27 heavy (non-hydrogen) atoms. The van der Waals surface area contributed by atoms with Gasteiger partial charge in [-0.15, -0.1) is 0 Å². The van der Waals surface area contributed by atoms with Crippen LogP contribution in [0.3, 0.4) is 0 Å². The van der Waals surface area contributed by atoms with Crippen molar-refractivity contribution in [3.05, 3.63) is 0 Å². The predicted octanol–water partition coefficient (Wildman–Crippen LogP) is 5.90. The molecule has 5 nitrogen and oxygen atoms in total. The highest BCUT2D eigenvalue weighted by Gasteiger charge is 2.44. The highest BCUT2D eigenvalue weighted by Crippen LogP contribution is 2.31. The molecule has 1 rings (SSSR count). The van der Waals surface area contributed by atoms with E-state index in [-0.39, 0.29) is 5.97 Å². The van der Waals surface area contributed by atoms with Gasteiger partial charge in [0.1, 0.15) is 5.54 Å². The topological polar surface area (TPSA) is 64.6 Å². The molecule has 0 unspecified atom stereocenters. The zero-order valence-electron chi connectivity index (χ0n) is 17.7. The van der Waals surface area contributed by atoms with Crippen LogP contribution in [-0.2, 0) is 14.3 Å². The van der Waals surface area contributed by atoms with Gasteiger partial charge in [-0.2, -0.15) is 0 Å². The highest BCUT2D eigenvalue weighted by molar-refractivity contribution is 5.86. The summed E-state index contributed by atoms with van der Waals surface area (Å²) >= 11 is 0. The lowest BCUT2D eigenvalue weighted by atomic mass is 9.98. The highest BCUT2D eigenvalue weighted by atomic mass is 16.6. The fourth-order valence-corrected chi connectivity index (χ4v) is 3.79. The minimum Gasteiger partial charge on any atom is -0.464 e. The molecule has 0 aromatic rings. The van der Waals surface area contributed by atoms with Gasteiger partial charge < -0.3 is 14.8 Å². The molecule has 0 radical (unpaired) electrons. The normalized spacial score (nSPS) is 15.5. The van der Waals surface area contributed by atoms with Crippen LogP contribution in [0.25, 0.3) is 0 Å². The van der Waals surface area contributed by atoms with E-state index < -0.39 is 11.6 Å². The second kappa shape index (κ2) is 14.8. The maximum absolute atomic E-state index is 12.5. The van der Waals surface area contributed by atoms with Gasteiger partial charge >= 0.3 is 12.1 Å². The van der Waals surface area contributed by atoms with Crippen molar-refractivity contribution < 1.29 is 19.1 Å². The van der Waals surface area contributed by atoms with Gasteiger partial charge in [0.2, 0.25) is 0 Å². The summed E-state index contributed by atoms with van der Waals surface area (Å²) in [4.78, 5) is 24.2. The van der Waals surface area contributed by atoms with E-state index in [4.69, 9.17) is 9.47 Å².